The van der Waals surface area contributed by atoms with Gasteiger partial charge in [0.25, 0.3) is 0 Å². The largest absolute Gasteiger partial charge is 0.343 e. The van der Waals surface area contributed by atoms with Crippen LogP contribution in [0, 0.1) is 0 Å². The summed E-state index contributed by atoms with van der Waals surface area (Å²) in [6, 6.07) is 16.8. The number of fused-ring (bicyclic) bond motifs is 2. The van der Waals surface area contributed by atoms with E-state index in [0.717, 1.165) is 12.2 Å². The standard InChI is InChI=1S/C14H14N2S/c1-15-12-7-3-2-6-11(12)10-16(17)14-9-5-4-8-13(14)15/h2-9,17H,10H2,1H3. The zero-order chi connectivity index (χ0) is 11.8. The molecular formula is C14H14N2S. The first kappa shape index (κ1) is 10.5. The monoisotopic (exact) mass is 242 g/mol. The van der Waals surface area contributed by atoms with Gasteiger partial charge in [0, 0.05) is 12.7 Å². The highest BCUT2D eigenvalue weighted by atomic mass is 32.1. The quantitative estimate of drug-likeness (QED) is 0.705. The van der Waals surface area contributed by atoms with Crippen molar-refractivity contribution in [2.75, 3.05) is 16.3 Å². The lowest BCUT2D eigenvalue weighted by molar-refractivity contribution is 1.07. The number of hydrogen-bond donors (Lipinski definition) is 1. The van der Waals surface area contributed by atoms with Crippen molar-refractivity contribution >= 4 is 29.9 Å². The van der Waals surface area contributed by atoms with Crippen LogP contribution in [0.15, 0.2) is 48.5 Å². The summed E-state index contributed by atoms with van der Waals surface area (Å²) >= 11 is 4.58. The number of nitrogens with zero attached hydrogens (tertiary/aromatic N) is 2. The highest BCUT2D eigenvalue weighted by Gasteiger charge is 2.20. The Morgan fingerprint density at radius 2 is 1.47 bits per heavy atom. The molecule has 0 aromatic heterocycles. The average molecular weight is 242 g/mol. The van der Waals surface area contributed by atoms with E-state index in [0.29, 0.717) is 0 Å². The maximum Gasteiger partial charge on any atom is 0.0708 e. The minimum absolute atomic E-state index is 0.820. The second-order valence-electron chi connectivity index (χ2n) is 4.23. The molecule has 0 radical (unpaired) electrons. The maximum atomic E-state index is 4.58. The lowest BCUT2D eigenvalue weighted by atomic mass is 10.1. The van der Waals surface area contributed by atoms with Gasteiger partial charge in [-0.15, -0.1) is 0 Å². The first-order valence-corrected chi connectivity index (χ1v) is 6.04. The first-order valence-electron chi connectivity index (χ1n) is 5.64. The van der Waals surface area contributed by atoms with E-state index in [4.69, 9.17) is 0 Å². The Labute approximate surface area is 107 Å². The average Bonchev–Trinajstić information content (AvgIpc) is 2.48. The van der Waals surface area contributed by atoms with Gasteiger partial charge in [-0.1, -0.05) is 43.1 Å². The summed E-state index contributed by atoms with van der Waals surface area (Å²) in [6.45, 7) is 0.820. The zero-order valence-electron chi connectivity index (χ0n) is 9.67. The number of thiol groups is 1. The Balaban J connectivity index is 2.22. The van der Waals surface area contributed by atoms with Gasteiger partial charge in [-0.2, -0.15) is 0 Å². The zero-order valence-corrected chi connectivity index (χ0v) is 10.6. The van der Waals surface area contributed by atoms with Gasteiger partial charge in [-0.3, -0.25) is 0 Å². The molecule has 0 aliphatic carbocycles. The molecule has 0 N–H and O–H groups in total. The lowest BCUT2D eigenvalue weighted by Gasteiger charge is -2.22. The van der Waals surface area contributed by atoms with Gasteiger partial charge in [0.1, 0.15) is 0 Å². The minimum Gasteiger partial charge on any atom is -0.343 e. The Bertz CT molecular complexity index is 553. The molecule has 0 atom stereocenters. The van der Waals surface area contributed by atoms with E-state index in [1.807, 2.05) is 10.4 Å². The van der Waals surface area contributed by atoms with Crippen molar-refractivity contribution < 1.29 is 0 Å². The molecule has 0 amide bonds. The summed E-state index contributed by atoms with van der Waals surface area (Å²) in [5, 5.41) is 0. The first-order chi connectivity index (χ1) is 8.27. The van der Waals surface area contributed by atoms with Crippen LogP contribution in [0.1, 0.15) is 5.56 Å². The van der Waals surface area contributed by atoms with E-state index >= 15 is 0 Å². The van der Waals surface area contributed by atoms with Crippen molar-refractivity contribution in [3.8, 4) is 0 Å². The number of hydrogen-bond acceptors (Lipinski definition) is 3. The smallest absolute Gasteiger partial charge is 0.0708 e. The molecular weight excluding hydrogens is 228 g/mol. The Kier molecular flexibility index (Phi) is 2.48. The van der Waals surface area contributed by atoms with Gasteiger partial charge in [-0.25, -0.2) is 0 Å². The normalized spacial score (nSPS) is 14.0. The molecule has 1 aliphatic rings. The molecule has 0 spiro atoms. The third-order valence-electron chi connectivity index (χ3n) is 3.19. The van der Waals surface area contributed by atoms with E-state index in [1.165, 1.54) is 16.9 Å². The fourth-order valence-corrected chi connectivity index (χ4v) is 2.64. The van der Waals surface area contributed by atoms with Gasteiger partial charge >= 0.3 is 0 Å². The summed E-state index contributed by atoms with van der Waals surface area (Å²) < 4.78 is 2.00. The summed E-state index contributed by atoms with van der Waals surface area (Å²) in [5.41, 5.74) is 4.87. The molecule has 2 aromatic carbocycles. The Hall–Kier alpha value is -1.61. The van der Waals surface area contributed by atoms with Crippen molar-refractivity contribution in [1.82, 2.24) is 0 Å². The molecule has 1 heterocycles. The second kappa shape index (κ2) is 4.00. The van der Waals surface area contributed by atoms with Crippen LogP contribution in [0.3, 0.4) is 0 Å². The van der Waals surface area contributed by atoms with Crippen LogP contribution in [-0.2, 0) is 6.54 Å². The topological polar surface area (TPSA) is 6.48 Å². The number of rotatable bonds is 0. The highest BCUT2D eigenvalue weighted by molar-refractivity contribution is 7.81. The van der Waals surface area contributed by atoms with Crippen LogP contribution in [0.2, 0.25) is 0 Å². The molecule has 0 saturated heterocycles. The van der Waals surface area contributed by atoms with Crippen molar-refractivity contribution in [3.63, 3.8) is 0 Å². The van der Waals surface area contributed by atoms with E-state index in [9.17, 15) is 0 Å². The second-order valence-corrected chi connectivity index (χ2v) is 4.72. The predicted octanol–water partition coefficient (Wildman–Crippen LogP) is 3.62. The van der Waals surface area contributed by atoms with Crippen LogP contribution in [0.5, 0.6) is 0 Å². The van der Waals surface area contributed by atoms with Crippen LogP contribution in [0.25, 0.3) is 0 Å². The molecule has 17 heavy (non-hydrogen) atoms. The van der Waals surface area contributed by atoms with E-state index < -0.39 is 0 Å². The van der Waals surface area contributed by atoms with Gasteiger partial charge in [0.05, 0.1) is 17.9 Å². The molecule has 3 rings (SSSR count). The van der Waals surface area contributed by atoms with Gasteiger partial charge in [0.15, 0.2) is 0 Å². The van der Waals surface area contributed by atoms with Gasteiger partial charge in [0.2, 0.25) is 0 Å². The summed E-state index contributed by atoms with van der Waals surface area (Å²) in [4.78, 5) is 2.22. The van der Waals surface area contributed by atoms with Crippen LogP contribution in [-0.4, -0.2) is 7.05 Å². The molecule has 0 saturated carbocycles. The van der Waals surface area contributed by atoms with Crippen molar-refractivity contribution in [2.24, 2.45) is 0 Å². The van der Waals surface area contributed by atoms with Crippen LogP contribution < -0.4 is 9.21 Å². The van der Waals surface area contributed by atoms with E-state index in [2.05, 4.69) is 67.2 Å². The third-order valence-corrected chi connectivity index (χ3v) is 3.55. The van der Waals surface area contributed by atoms with Crippen molar-refractivity contribution in [1.29, 1.82) is 0 Å². The predicted molar refractivity (Wildman–Crippen MR) is 76.1 cm³/mol. The van der Waals surface area contributed by atoms with E-state index in [1.54, 1.807) is 0 Å². The molecule has 1 aliphatic heterocycles. The summed E-state index contributed by atoms with van der Waals surface area (Å²) in [7, 11) is 2.10. The van der Waals surface area contributed by atoms with Gasteiger partial charge in [-0.05, 0) is 23.8 Å². The molecule has 0 unspecified atom stereocenters. The number of para-hydroxylation sites is 3. The van der Waals surface area contributed by atoms with E-state index in [-0.39, 0.29) is 0 Å². The van der Waals surface area contributed by atoms with Crippen LogP contribution >= 0.6 is 12.8 Å². The fourth-order valence-electron chi connectivity index (χ4n) is 2.31. The summed E-state index contributed by atoms with van der Waals surface area (Å²) in [6.07, 6.45) is 0. The number of benzene rings is 2. The fraction of sp³-hybridized carbons (Fsp3) is 0.143. The maximum absolute atomic E-state index is 4.58. The lowest BCUT2D eigenvalue weighted by Crippen LogP contribution is -2.10. The highest BCUT2D eigenvalue weighted by Crippen LogP contribution is 2.39. The molecule has 0 fully saturated rings. The minimum atomic E-state index is 0.820. The molecule has 2 nitrogen and oxygen atoms in total. The molecule has 3 heteroatoms. The molecule has 0 bridgehead atoms. The molecule has 86 valence electrons. The number of anilines is 3. The van der Waals surface area contributed by atoms with Crippen molar-refractivity contribution in [3.05, 3.63) is 54.1 Å². The summed E-state index contributed by atoms with van der Waals surface area (Å²) in [5.74, 6) is 0. The Morgan fingerprint density at radius 3 is 2.24 bits per heavy atom. The molecule has 2 aromatic rings. The van der Waals surface area contributed by atoms with Gasteiger partial charge < -0.3 is 9.21 Å². The Morgan fingerprint density at radius 1 is 0.882 bits per heavy atom. The SMILES string of the molecule is CN1c2ccccc2CN(S)c2ccccc21. The van der Waals surface area contributed by atoms with Crippen molar-refractivity contribution in [2.45, 2.75) is 6.54 Å². The third kappa shape index (κ3) is 1.67. The van der Waals surface area contributed by atoms with Crippen LogP contribution in [0.4, 0.5) is 17.1 Å².